The van der Waals surface area contributed by atoms with E-state index in [9.17, 15) is 4.39 Å². The number of hydrogen-bond donors (Lipinski definition) is 0. The molecule has 0 aromatic carbocycles. The monoisotopic (exact) mass is 118 g/mol. The van der Waals surface area contributed by atoms with Crippen LogP contribution in [0.2, 0.25) is 0 Å². The van der Waals surface area contributed by atoms with Crippen LogP contribution in [0.5, 0.6) is 0 Å². The lowest BCUT2D eigenvalue weighted by Gasteiger charge is -2.21. The van der Waals surface area contributed by atoms with Crippen molar-refractivity contribution in [1.29, 1.82) is 0 Å². The fraction of sp³-hybridized carbons (Fsp3) is 1.00. The molecule has 2 atom stereocenters. The largest absolute Gasteiger partial charge is 0.378 e. The molecule has 2 heteroatoms. The highest BCUT2D eigenvalue weighted by Crippen LogP contribution is 2.16. The van der Waals surface area contributed by atoms with Crippen molar-refractivity contribution in [2.75, 3.05) is 13.2 Å². The molecule has 0 radical (unpaired) electrons. The van der Waals surface area contributed by atoms with Crippen LogP contribution < -0.4 is 0 Å². The number of ether oxygens (including phenoxy) is 1. The molecule has 0 unspecified atom stereocenters. The van der Waals surface area contributed by atoms with Crippen molar-refractivity contribution in [1.82, 2.24) is 0 Å². The number of hydrogen-bond acceptors (Lipinski definition) is 1. The van der Waals surface area contributed by atoms with Gasteiger partial charge in [0.05, 0.1) is 6.61 Å². The Bertz CT molecular complexity index is 64.9. The highest BCUT2D eigenvalue weighted by Gasteiger charge is 2.20. The van der Waals surface area contributed by atoms with Gasteiger partial charge in [-0.25, -0.2) is 4.39 Å². The van der Waals surface area contributed by atoms with Crippen LogP contribution in [0.3, 0.4) is 0 Å². The molecule has 1 rings (SSSR count). The molecule has 1 aliphatic heterocycles. The zero-order valence-electron chi connectivity index (χ0n) is 5.06. The van der Waals surface area contributed by atoms with E-state index in [1.807, 2.05) is 6.92 Å². The number of alkyl halides is 1. The van der Waals surface area contributed by atoms with Crippen molar-refractivity contribution in [2.24, 2.45) is 5.92 Å². The van der Waals surface area contributed by atoms with E-state index in [0.29, 0.717) is 6.61 Å². The normalized spacial score (nSPS) is 39.8. The van der Waals surface area contributed by atoms with Gasteiger partial charge in [-0.1, -0.05) is 6.92 Å². The maximum atomic E-state index is 12.5. The van der Waals surface area contributed by atoms with Crippen LogP contribution in [-0.4, -0.2) is 19.4 Å². The highest BCUT2D eigenvalue weighted by molar-refractivity contribution is 4.67. The van der Waals surface area contributed by atoms with E-state index in [0.717, 1.165) is 13.0 Å². The van der Waals surface area contributed by atoms with Crippen LogP contribution in [0.25, 0.3) is 0 Å². The molecule has 0 aliphatic carbocycles. The summed E-state index contributed by atoms with van der Waals surface area (Å²) in [4.78, 5) is 0. The molecule has 0 bridgehead atoms. The van der Waals surface area contributed by atoms with Gasteiger partial charge in [0.15, 0.2) is 0 Å². The molecule has 1 aliphatic rings. The van der Waals surface area contributed by atoms with E-state index >= 15 is 0 Å². The Morgan fingerprint density at radius 1 is 1.62 bits per heavy atom. The smallest absolute Gasteiger partial charge is 0.126 e. The Balaban J connectivity index is 2.28. The summed E-state index contributed by atoms with van der Waals surface area (Å²) in [6.07, 6.45) is 0.157. The summed E-state index contributed by atoms with van der Waals surface area (Å²) in [6.45, 7) is 2.97. The van der Waals surface area contributed by atoms with Gasteiger partial charge in [0, 0.05) is 6.61 Å². The van der Waals surface area contributed by atoms with E-state index in [1.165, 1.54) is 0 Å². The van der Waals surface area contributed by atoms with Gasteiger partial charge in [0.1, 0.15) is 6.17 Å². The van der Waals surface area contributed by atoms with Crippen molar-refractivity contribution in [3.8, 4) is 0 Å². The first-order valence-electron chi connectivity index (χ1n) is 3.02. The first-order chi connectivity index (χ1) is 3.80. The Labute approximate surface area is 48.8 Å². The predicted octanol–water partition coefficient (Wildman–Crippen LogP) is 1.38. The molecule has 1 fully saturated rings. The average Bonchev–Trinajstić information content (AvgIpc) is 1.77. The second kappa shape index (κ2) is 2.44. The molecule has 0 spiro atoms. The van der Waals surface area contributed by atoms with Gasteiger partial charge >= 0.3 is 0 Å². The second-order valence-electron chi connectivity index (χ2n) is 2.36. The molecule has 1 nitrogen and oxygen atoms in total. The first-order valence-corrected chi connectivity index (χ1v) is 3.02. The lowest BCUT2D eigenvalue weighted by molar-refractivity contribution is 0.00451. The Kier molecular flexibility index (Phi) is 1.84. The van der Waals surface area contributed by atoms with Gasteiger partial charge in [0.25, 0.3) is 0 Å². The molecule has 0 aromatic heterocycles. The average molecular weight is 118 g/mol. The summed E-state index contributed by atoms with van der Waals surface area (Å²) < 4.78 is 17.3. The van der Waals surface area contributed by atoms with Crippen LogP contribution in [0.15, 0.2) is 0 Å². The molecule has 48 valence electrons. The third kappa shape index (κ3) is 1.19. The lowest BCUT2D eigenvalue weighted by atomic mass is 10.0. The molecule has 1 heterocycles. The quantitative estimate of drug-likeness (QED) is 0.467. The van der Waals surface area contributed by atoms with E-state index in [1.54, 1.807) is 0 Å². The minimum Gasteiger partial charge on any atom is -0.378 e. The van der Waals surface area contributed by atoms with Crippen molar-refractivity contribution in [2.45, 2.75) is 19.5 Å². The summed E-state index contributed by atoms with van der Waals surface area (Å²) in [7, 11) is 0. The highest BCUT2D eigenvalue weighted by atomic mass is 19.1. The third-order valence-corrected chi connectivity index (χ3v) is 1.61. The van der Waals surface area contributed by atoms with Gasteiger partial charge in [0.2, 0.25) is 0 Å². The zero-order valence-corrected chi connectivity index (χ0v) is 5.06. The summed E-state index contributed by atoms with van der Waals surface area (Å²) in [5.41, 5.74) is 0. The zero-order chi connectivity index (χ0) is 5.98. The van der Waals surface area contributed by atoms with Crippen LogP contribution in [0, 0.1) is 5.92 Å². The van der Waals surface area contributed by atoms with E-state index in [2.05, 4.69) is 0 Å². The summed E-state index contributed by atoms with van der Waals surface area (Å²) in [5.74, 6) is 0.212. The topological polar surface area (TPSA) is 9.23 Å². The van der Waals surface area contributed by atoms with Gasteiger partial charge in [-0.05, 0) is 12.3 Å². The molecule has 8 heavy (non-hydrogen) atoms. The molecule has 0 saturated carbocycles. The van der Waals surface area contributed by atoms with E-state index in [4.69, 9.17) is 4.74 Å². The van der Waals surface area contributed by atoms with Crippen molar-refractivity contribution >= 4 is 0 Å². The van der Waals surface area contributed by atoms with Crippen molar-refractivity contribution in [3.63, 3.8) is 0 Å². The standard InChI is InChI=1S/C6H11FO/c1-5-2-3-8-4-6(5)7/h5-6H,2-4H2,1H3/t5-,6+/m0/s1. The van der Waals surface area contributed by atoms with Crippen LogP contribution >= 0.6 is 0 Å². The third-order valence-electron chi connectivity index (χ3n) is 1.61. The van der Waals surface area contributed by atoms with Gasteiger partial charge < -0.3 is 4.74 Å². The van der Waals surface area contributed by atoms with Crippen LogP contribution in [0.1, 0.15) is 13.3 Å². The van der Waals surface area contributed by atoms with Gasteiger partial charge in [-0.2, -0.15) is 0 Å². The van der Waals surface area contributed by atoms with Crippen LogP contribution in [-0.2, 0) is 4.74 Å². The van der Waals surface area contributed by atoms with Gasteiger partial charge in [-0.3, -0.25) is 0 Å². The van der Waals surface area contributed by atoms with Crippen LogP contribution in [0.4, 0.5) is 4.39 Å². The molecule has 0 amide bonds. The summed E-state index contributed by atoms with van der Waals surface area (Å²) >= 11 is 0. The minimum atomic E-state index is -0.719. The maximum Gasteiger partial charge on any atom is 0.126 e. The SMILES string of the molecule is C[C@H]1CCOC[C@H]1F. The van der Waals surface area contributed by atoms with E-state index in [-0.39, 0.29) is 5.92 Å². The maximum absolute atomic E-state index is 12.5. The van der Waals surface area contributed by atoms with Gasteiger partial charge in [-0.15, -0.1) is 0 Å². The van der Waals surface area contributed by atoms with E-state index < -0.39 is 6.17 Å². The fourth-order valence-corrected chi connectivity index (χ4v) is 0.810. The summed E-state index contributed by atoms with van der Waals surface area (Å²) in [6, 6.07) is 0. The van der Waals surface area contributed by atoms with Crippen molar-refractivity contribution in [3.05, 3.63) is 0 Å². The lowest BCUT2D eigenvalue weighted by Crippen LogP contribution is -2.26. The molecular formula is C6H11FO. The molecule has 0 aromatic rings. The summed E-state index contributed by atoms with van der Waals surface area (Å²) in [5, 5.41) is 0. The minimum absolute atomic E-state index is 0.212. The Hall–Kier alpha value is -0.110. The Morgan fingerprint density at radius 2 is 2.38 bits per heavy atom. The molecular weight excluding hydrogens is 107 g/mol. The first kappa shape index (κ1) is 6.02. The molecule has 1 saturated heterocycles. The predicted molar refractivity (Wildman–Crippen MR) is 29.5 cm³/mol. The van der Waals surface area contributed by atoms with Crippen molar-refractivity contribution < 1.29 is 9.13 Å². The number of halogens is 1. The Morgan fingerprint density at radius 3 is 2.75 bits per heavy atom. The number of rotatable bonds is 0. The fourth-order valence-electron chi connectivity index (χ4n) is 0.810. The molecule has 0 N–H and O–H groups in total. The second-order valence-corrected chi connectivity index (χ2v) is 2.36.